The van der Waals surface area contributed by atoms with Crippen LogP contribution in [-0.4, -0.2) is 18.0 Å². The van der Waals surface area contributed by atoms with Crippen LogP contribution in [-0.2, 0) is 4.79 Å². The first-order valence-electron chi connectivity index (χ1n) is 5.30. The Morgan fingerprint density at radius 3 is 2.69 bits per heavy atom. The zero-order valence-electron chi connectivity index (χ0n) is 8.38. The number of carbonyl (C=O) groups is 1. The third kappa shape index (κ3) is 3.35. The molecule has 0 aromatic heterocycles. The third-order valence-corrected chi connectivity index (χ3v) is 2.64. The molecule has 1 atom stereocenters. The van der Waals surface area contributed by atoms with E-state index in [0.29, 0.717) is 6.04 Å². The van der Waals surface area contributed by atoms with Gasteiger partial charge in [-0.25, -0.2) is 0 Å². The largest absolute Gasteiger partial charge is 0.352 e. The lowest BCUT2D eigenvalue weighted by atomic mass is 10.1. The van der Waals surface area contributed by atoms with E-state index in [1.54, 1.807) is 0 Å². The molecule has 0 saturated heterocycles. The van der Waals surface area contributed by atoms with Crippen molar-refractivity contribution in [3.8, 4) is 0 Å². The average Bonchev–Trinajstić information content (AvgIpc) is 2.57. The summed E-state index contributed by atoms with van der Waals surface area (Å²) in [7, 11) is 0. The molecule has 3 heteroatoms. The molecule has 0 aromatic rings. The highest BCUT2D eigenvalue weighted by molar-refractivity contribution is 5.81. The summed E-state index contributed by atoms with van der Waals surface area (Å²) >= 11 is 0. The highest BCUT2D eigenvalue weighted by Gasteiger charge is 2.19. The predicted molar refractivity (Wildman–Crippen MR) is 53.3 cm³/mol. The van der Waals surface area contributed by atoms with Crippen molar-refractivity contribution in [2.75, 3.05) is 0 Å². The second-order valence-electron chi connectivity index (χ2n) is 3.89. The van der Waals surface area contributed by atoms with Gasteiger partial charge < -0.3 is 11.1 Å². The summed E-state index contributed by atoms with van der Waals surface area (Å²) < 4.78 is 0. The maximum absolute atomic E-state index is 11.5. The zero-order chi connectivity index (χ0) is 9.68. The molecule has 1 aliphatic carbocycles. The standard InChI is InChI=1S/C10H20N2O/c1-2-5-9(11)10(13)12-8-6-3-4-7-8/h8-9H,2-7,11H2,1H3,(H,12,13). The van der Waals surface area contributed by atoms with Crippen molar-refractivity contribution in [3.63, 3.8) is 0 Å². The number of rotatable bonds is 4. The molecule has 1 saturated carbocycles. The van der Waals surface area contributed by atoms with Gasteiger partial charge in [0.1, 0.15) is 0 Å². The van der Waals surface area contributed by atoms with Gasteiger partial charge in [-0.2, -0.15) is 0 Å². The van der Waals surface area contributed by atoms with Gasteiger partial charge in [-0.1, -0.05) is 26.2 Å². The summed E-state index contributed by atoms with van der Waals surface area (Å²) in [4.78, 5) is 11.5. The van der Waals surface area contributed by atoms with Crippen molar-refractivity contribution < 1.29 is 4.79 Å². The first-order chi connectivity index (χ1) is 6.24. The number of nitrogens with two attached hydrogens (primary N) is 1. The summed E-state index contributed by atoms with van der Waals surface area (Å²) in [5.74, 6) is 0.0359. The second-order valence-corrected chi connectivity index (χ2v) is 3.89. The first-order valence-corrected chi connectivity index (χ1v) is 5.30. The molecule has 0 spiro atoms. The lowest BCUT2D eigenvalue weighted by molar-refractivity contribution is -0.123. The topological polar surface area (TPSA) is 55.1 Å². The highest BCUT2D eigenvalue weighted by atomic mass is 16.2. The fourth-order valence-electron chi connectivity index (χ4n) is 1.82. The van der Waals surface area contributed by atoms with E-state index in [0.717, 1.165) is 25.7 Å². The van der Waals surface area contributed by atoms with E-state index in [1.165, 1.54) is 12.8 Å². The van der Waals surface area contributed by atoms with Crippen molar-refractivity contribution in [2.45, 2.75) is 57.5 Å². The minimum atomic E-state index is -0.300. The van der Waals surface area contributed by atoms with E-state index in [9.17, 15) is 4.79 Å². The molecular formula is C10H20N2O. The lowest BCUT2D eigenvalue weighted by Gasteiger charge is -2.15. The molecule has 1 unspecified atom stereocenters. The van der Waals surface area contributed by atoms with E-state index in [-0.39, 0.29) is 11.9 Å². The minimum absolute atomic E-state index is 0.0359. The molecular weight excluding hydrogens is 164 g/mol. The fourth-order valence-corrected chi connectivity index (χ4v) is 1.82. The number of hydrogen-bond acceptors (Lipinski definition) is 2. The molecule has 0 aromatic carbocycles. The van der Waals surface area contributed by atoms with E-state index in [2.05, 4.69) is 5.32 Å². The monoisotopic (exact) mass is 184 g/mol. The molecule has 13 heavy (non-hydrogen) atoms. The normalized spacial score (nSPS) is 20.2. The van der Waals surface area contributed by atoms with E-state index in [4.69, 9.17) is 5.73 Å². The van der Waals surface area contributed by atoms with Gasteiger partial charge in [-0.15, -0.1) is 0 Å². The van der Waals surface area contributed by atoms with Gasteiger partial charge in [0, 0.05) is 6.04 Å². The highest BCUT2D eigenvalue weighted by Crippen LogP contribution is 2.17. The van der Waals surface area contributed by atoms with Crippen molar-refractivity contribution in [1.82, 2.24) is 5.32 Å². The molecule has 0 bridgehead atoms. The van der Waals surface area contributed by atoms with Gasteiger partial charge in [0.15, 0.2) is 0 Å². The van der Waals surface area contributed by atoms with Crippen LogP contribution in [0.1, 0.15) is 45.4 Å². The minimum Gasteiger partial charge on any atom is -0.352 e. The van der Waals surface area contributed by atoms with Crippen molar-refractivity contribution >= 4 is 5.91 Å². The molecule has 3 nitrogen and oxygen atoms in total. The molecule has 1 amide bonds. The summed E-state index contributed by atoms with van der Waals surface area (Å²) in [6.07, 6.45) is 6.51. The summed E-state index contributed by atoms with van der Waals surface area (Å²) in [6.45, 7) is 2.04. The van der Waals surface area contributed by atoms with Crippen molar-refractivity contribution in [1.29, 1.82) is 0 Å². The van der Waals surface area contributed by atoms with Crippen LogP contribution < -0.4 is 11.1 Å². The number of hydrogen-bond donors (Lipinski definition) is 2. The van der Waals surface area contributed by atoms with Crippen molar-refractivity contribution in [2.24, 2.45) is 5.73 Å². The molecule has 76 valence electrons. The van der Waals surface area contributed by atoms with Crippen LogP contribution in [0.25, 0.3) is 0 Å². The van der Waals surface area contributed by atoms with Gasteiger partial charge in [-0.3, -0.25) is 4.79 Å². The Balaban J connectivity index is 2.22. The fraction of sp³-hybridized carbons (Fsp3) is 0.900. The first kappa shape index (κ1) is 10.5. The SMILES string of the molecule is CCCC(N)C(=O)NC1CCCC1. The molecule has 1 fully saturated rings. The Hall–Kier alpha value is -0.570. The van der Waals surface area contributed by atoms with Gasteiger partial charge >= 0.3 is 0 Å². The Morgan fingerprint density at radius 2 is 2.15 bits per heavy atom. The Kier molecular flexibility index (Phi) is 4.22. The van der Waals surface area contributed by atoms with Gasteiger partial charge in [0.25, 0.3) is 0 Å². The number of carbonyl (C=O) groups excluding carboxylic acids is 1. The van der Waals surface area contributed by atoms with Crippen LogP contribution >= 0.6 is 0 Å². The summed E-state index contributed by atoms with van der Waals surface area (Å²) in [5, 5.41) is 3.00. The molecule has 0 aliphatic heterocycles. The molecule has 1 rings (SSSR count). The molecule has 3 N–H and O–H groups in total. The second kappa shape index (κ2) is 5.22. The number of nitrogens with one attached hydrogen (secondary N) is 1. The maximum Gasteiger partial charge on any atom is 0.237 e. The molecule has 1 aliphatic rings. The van der Waals surface area contributed by atoms with Gasteiger partial charge in [0.2, 0.25) is 5.91 Å². The number of amides is 1. The summed E-state index contributed by atoms with van der Waals surface area (Å²) in [5.41, 5.74) is 5.69. The Morgan fingerprint density at radius 1 is 1.54 bits per heavy atom. The van der Waals surface area contributed by atoms with Crippen LogP contribution in [0.4, 0.5) is 0 Å². The zero-order valence-corrected chi connectivity index (χ0v) is 8.38. The Bertz CT molecular complexity index is 164. The van der Waals surface area contributed by atoms with Crippen LogP contribution in [0, 0.1) is 0 Å². The lowest BCUT2D eigenvalue weighted by Crippen LogP contribution is -2.44. The molecule has 0 radical (unpaired) electrons. The van der Waals surface area contributed by atoms with E-state index >= 15 is 0 Å². The predicted octanol–water partition coefficient (Wildman–Crippen LogP) is 1.17. The Labute approximate surface area is 80.1 Å². The summed E-state index contributed by atoms with van der Waals surface area (Å²) in [6, 6.07) is 0.0982. The van der Waals surface area contributed by atoms with Crippen LogP contribution in [0.5, 0.6) is 0 Å². The van der Waals surface area contributed by atoms with Crippen LogP contribution in [0.3, 0.4) is 0 Å². The van der Waals surface area contributed by atoms with E-state index < -0.39 is 0 Å². The molecule has 0 heterocycles. The van der Waals surface area contributed by atoms with Gasteiger partial charge in [-0.05, 0) is 19.3 Å². The maximum atomic E-state index is 11.5. The van der Waals surface area contributed by atoms with Crippen LogP contribution in [0.15, 0.2) is 0 Å². The van der Waals surface area contributed by atoms with E-state index in [1.807, 2.05) is 6.92 Å². The van der Waals surface area contributed by atoms with Crippen molar-refractivity contribution in [3.05, 3.63) is 0 Å². The van der Waals surface area contributed by atoms with Gasteiger partial charge in [0.05, 0.1) is 6.04 Å². The smallest absolute Gasteiger partial charge is 0.237 e. The quantitative estimate of drug-likeness (QED) is 0.689. The van der Waals surface area contributed by atoms with Crippen LogP contribution in [0.2, 0.25) is 0 Å². The average molecular weight is 184 g/mol. The third-order valence-electron chi connectivity index (χ3n) is 2.64.